The van der Waals surface area contributed by atoms with E-state index in [1.807, 2.05) is 6.92 Å². The monoisotopic (exact) mass is 284 g/mol. The summed E-state index contributed by atoms with van der Waals surface area (Å²) >= 11 is 0. The number of anilines is 1. The number of nitrogens with two attached hydrogens (primary N) is 1. The maximum atomic E-state index is 12.1. The summed E-state index contributed by atoms with van der Waals surface area (Å²) in [7, 11) is -3.43. The van der Waals surface area contributed by atoms with Crippen molar-refractivity contribution in [3.63, 3.8) is 0 Å². The number of hydrogen-bond donors (Lipinski definition) is 2. The molecular formula is C14H24N2O2S. The Balaban J connectivity index is 2.57. The first-order valence-electron chi connectivity index (χ1n) is 6.69. The highest BCUT2D eigenvalue weighted by molar-refractivity contribution is 7.89. The first-order chi connectivity index (χ1) is 8.81. The molecule has 19 heavy (non-hydrogen) atoms. The third-order valence-corrected chi connectivity index (χ3v) is 4.57. The summed E-state index contributed by atoms with van der Waals surface area (Å²) in [6.45, 7) is 6.24. The fraction of sp³-hybridized carbons (Fsp3) is 0.571. The molecule has 0 saturated heterocycles. The van der Waals surface area contributed by atoms with Gasteiger partial charge in [-0.15, -0.1) is 0 Å². The molecule has 1 aromatic carbocycles. The van der Waals surface area contributed by atoms with Gasteiger partial charge in [-0.2, -0.15) is 0 Å². The normalized spacial score (nSPS) is 13.7. The van der Waals surface area contributed by atoms with Gasteiger partial charge in [-0.1, -0.05) is 26.7 Å². The van der Waals surface area contributed by atoms with Crippen molar-refractivity contribution in [2.24, 2.45) is 5.92 Å². The quantitative estimate of drug-likeness (QED) is 0.756. The summed E-state index contributed by atoms with van der Waals surface area (Å²) in [6, 6.07) is 6.19. The van der Waals surface area contributed by atoms with Crippen molar-refractivity contribution >= 4 is 15.7 Å². The molecule has 0 heterocycles. The molecule has 5 heteroatoms. The average Bonchev–Trinajstić information content (AvgIpc) is 2.28. The Kier molecular flexibility index (Phi) is 5.82. The molecule has 1 aromatic rings. The molecule has 0 fully saturated rings. The molecule has 0 radical (unpaired) electrons. The number of nitrogens with one attached hydrogen (secondary N) is 1. The van der Waals surface area contributed by atoms with Crippen LogP contribution in [0.4, 0.5) is 5.69 Å². The van der Waals surface area contributed by atoms with Crippen LogP contribution in [0.3, 0.4) is 0 Å². The third kappa shape index (κ3) is 5.61. The van der Waals surface area contributed by atoms with Crippen LogP contribution in [-0.2, 0) is 10.0 Å². The molecule has 0 aromatic heterocycles. The van der Waals surface area contributed by atoms with Crippen molar-refractivity contribution in [1.29, 1.82) is 0 Å². The van der Waals surface area contributed by atoms with E-state index in [4.69, 9.17) is 5.73 Å². The highest BCUT2D eigenvalue weighted by Gasteiger charge is 2.16. The molecule has 0 bridgehead atoms. The zero-order chi connectivity index (χ0) is 14.5. The maximum absolute atomic E-state index is 12.1. The summed E-state index contributed by atoms with van der Waals surface area (Å²) in [5, 5.41) is 0. The summed E-state index contributed by atoms with van der Waals surface area (Å²) in [4.78, 5) is 0.261. The third-order valence-electron chi connectivity index (χ3n) is 2.97. The van der Waals surface area contributed by atoms with Gasteiger partial charge in [0.05, 0.1) is 4.90 Å². The highest BCUT2D eigenvalue weighted by atomic mass is 32.2. The van der Waals surface area contributed by atoms with Crippen molar-refractivity contribution in [3.8, 4) is 0 Å². The Labute approximate surface area is 116 Å². The van der Waals surface area contributed by atoms with Crippen molar-refractivity contribution in [1.82, 2.24) is 4.72 Å². The van der Waals surface area contributed by atoms with Crippen LogP contribution in [0.1, 0.15) is 40.0 Å². The lowest BCUT2D eigenvalue weighted by Crippen LogP contribution is -2.32. The Bertz CT molecular complexity index is 481. The van der Waals surface area contributed by atoms with Crippen LogP contribution in [0.5, 0.6) is 0 Å². The predicted molar refractivity (Wildman–Crippen MR) is 79.3 cm³/mol. The van der Waals surface area contributed by atoms with E-state index in [0.29, 0.717) is 11.6 Å². The van der Waals surface area contributed by atoms with Crippen LogP contribution < -0.4 is 10.5 Å². The van der Waals surface area contributed by atoms with Crippen molar-refractivity contribution in [2.75, 3.05) is 5.73 Å². The van der Waals surface area contributed by atoms with Gasteiger partial charge >= 0.3 is 0 Å². The molecular weight excluding hydrogens is 260 g/mol. The van der Waals surface area contributed by atoms with Crippen molar-refractivity contribution in [3.05, 3.63) is 24.3 Å². The number of sulfonamides is 1. The minimum atomic E-state index is -3.43. The molecule has 1 rings (SSSR count). The van der Waals surface area contributed by atoms with Crippen LogP contribution >= 0.6 is 0 Å². The minimum Gasteiger partial charge on any atom is -0.399 e. The number of benzene rings is 1. The molecule has 0 unspecified atom stereocenters. The minimum absolute atomic E-state index is 0.0543. The lowest BCUT2D eigenvalue weighted by Gasteiger charge is -2.15. The zero-order valence-electron chi connectivity index (χ0n) is 11.9. The second-order valence-corrected chi connectivity index (χ2v) is 7.13. The van der Waals surface area contributed by atoms with Crippen LogP contribution in [0.2, 0.25) is 0 Å². The topological polar surface area (TPSA) is 72.2 Å². The van der Waals surface area contributed by atoms with E-state index in [0.717, 1.165) is 19.3 Å². The molecule has 1 atom stereocenters. The van der Waals surface area contributed by atoms with Gasteiger partial charge in [-0.05, 0) is 43.5 Å². The fourth-order valence-electron chi connectivity index (χ4n) is 1.87. The summed E-state index contributed by atoms with van der Waals surface area (Å²) in [5.74, 6) is 0.654. The molecule has 0 aliphatic rings. The molecule has 0 aliphatic heterocycles. The van der Waals surface area contributed by atoms with Gasteiger partial charge in [0.1, 0.15) is 0 Å². The first-order valence-corrected chi connectivity index (χ1v) is 8.17. The molecule has 0 amide bonds. The molecule has 4 nitrogen and oxygen atoms in total. The van der Waals surface area contributed by atoms with E-state index in [2.05, 4.69) is 18.6 Å². The summed E-state index contributed by atoms with van der Waals surface area (Å²) in [5.41, 5.74) is 6.11. The van der Waals surface area contributed by atoms with Crippen LogP contribution in [0, 0.1) is 5.92 Å². The Morgan fingerprint density at radius 2 is 1.68 bits per heavy atom. The lowest BCUT2D eigenvalue weighted by atomic mass is 10.0. The standard InChI is InChI=1S/C14H24N2O2S/c1-11(2)5-4-6-12(3)16-19(17,18)14-9-7-13(15)8-10-14/h7-12,16H,4-6,15H2,1-3H3/t12-/m0/s1. The number of rotatable bonds is 7. The van der Waals surface area contributed by atoms with Gasteiger partial charge in [-0.25, -0.2) is 13.1 Å². The van der Waals surface area contributed by atoms with Crippen molar-refractivity contribution < 1.29 is 8.42 Å². The molecule has 0 aliphatic carbocycles. The highest BCUT2D eigenvalue weighted by Crippen LogP contribution is 2.14. The fourth-order valence-corrected chi connectivity index (χ4v) is 3.15. The van der Waals surface area contributed by atoms with E-state index in [-0.39, 0.29) is 10.9 Å². The van der Waals surface area contributed by atoms with Gasteiger partial charge in [0.25, 0.3) is 0 Å². The van der Waals surface area contributed by atoms with E-state index in [1.54, 1.807) is 12.1 Å². The Hall–Kier alpha value is -1.07. The van der Waals surface area contributed by atoms with Crippen LogP contribution in [-0.4, -0.2) is 14.5 Å². The molecule has 0 saturated carbocycles. The average molecular weight is 284 g/mol. The van der Waals surface area contributed by atoms with Gasteiger partial charge < -0.3 is 5.73 Å². The largest absolute Gasteiger partial charge is 0.399 e. The summed E-state index contributed by atoms with van der Waals surface area (Å²) < 4.78 is 26.9. The Morgan fingerprint density at radius 1 is 1.11 bits per heavy atom. The van der Waals surface area contributed by atoms with E-state index < -0.39 is 10.0 Å². The van der Waals surface area contributed by atoms with Gasteiger partial charge in [0.2, 0.25) is 10.0 Å². The zero-order valence-corrected chi connectivity index (χ0v) is 12.7. The second kappa shape index (κ2) is 6.91. The van der Waals surface area contributed by atoms with Gasteiger partial charge in [0, 0.05) is 11.7 Å². The van der Waals surface area contributed by atoms with E-state index in [9.17, 15) is 8.42 Å². The van der Waals surface area contributed by atoms with E-state index >= 15 is 0 Å². The first kappa shape index (κ1) is 16.0. The predicted octanol–water partition coefficient (Wildman–Crippen LogP) is 2.76. The molecule has 108 valence electrons. The van der Waals surface area contributed by atoms with Gasteiger partial charge in [-0.3, -0.25) is 0 Å². The van der Waals surface area contributed by atoms with Crippen LogP contribution in [0.15, 0.2) is 29.2 Å². The van der Waals surface area contributed by atoms with Crippen LogP contribution in [0.25, 0.3) is 0 Å². The van der Waals surface area contributed by atoms with E-state index in [1.165, 1.54) is 12.1 Å². The maximum Gasteiger partial charge on any atom is 0.240 e. The smallest absolute Gasteiger partial charge is 0.240 e. The molecule has 3 N–H and O–H groups in total. The Morgan fingerprint density at radius 3 is 2.21 bits per heavy atom. The van der Waals surface area contributed by atoms with Crippen molar-refractivity contribution in [2.45, 2.75) is 51.0 Å². The lowest BCUT2D eigenvalue weighted by molar-refractivity contribution is 0.488. The SMILES string of the molecule is CC(C)CCC[C@H](C)NS(=O)(=O)c1ccc(N)cc1. The second-order valence-electron chi connectivity index (χ2n) is 5.42. The number of nitrogen functional groups attached to an aromatic ring is 1. The molecule has 0 spiro atoms. The summed E-state index contributed by atoms with van der Waals surface area (Å²) in [6.07, 6.45) is 3.00. The van der Waals surface area contributed by atoms with Gasteiger partial charge in [0.15, 0.2) is 0 Å². The number of hydrogen-bond acceptors (Lipinski definition) is 3.